The van der Waals surface area contributed by atoms with Crippen molar-refractivity contribution in [2.45, 2.75) is 38.3 Å². The van der Waals surface area contributed by atoms with Crippen LogP contribution in [0.15, 0.2) is 42.6 Å². The molecule has 170 valence electrons. The molecule has 1 N–H and O–H groups in total. The van der Waals surface area contributed by atoms with E-state index in [4.69, 9.17) is 23.2 Å². The Balaban J connectivity index is 1.40. The first-order valence-corrected chi connectivity index (χ1v) is 11.9. The molecule has 4 rings (SSSR count). The van der Waals surface area contributed by atoms with Crippen LogP contribution in [0.3, 0.4) is 0 Å². The van der Waals surface area contributed by atoms with Crippen molar-refractivity contribution in [2.24, 2.45) is 5.92 Å². The predicted octanol–water partition coefficient (Wildman–Crippen LogP) is 4.02. The van der Waals surface area contributed by atoms with Crippen LogP contribution in [0.5, 0.6) is 0 Å². The van der Waals surface area contributed by atoms with Gasteiger partial charge in [0.1, 0.15) is 0 Å². The van der Waals surface area contributed by atoms with Gasteiger partial charge in [0, 0.05) is 37.4 Å². The molecule has 2 aromatic rings. The monoisotopic (exact) mass is 474 g/mol. The fourth-order valence-corrected chi connectivity index (χ4v) is 5.26. The molecule has 0 radical (unpaired) electrons. The van der Waals surface area contributed by atoms with Gasteiger partial charge in [-0.25, -0.2) is 0 Å². The number of aromatic nitrogens is 1. The molecule has 2 aliphatic rings. The van der Waals surface area contributed by atoms with E-state index in [1.54, 1.807) is 24.4 Å². The van der Waals surface area contributed by atoms with E-state index >= 15 is 0 Å². The summed E-state index contributed by atoms with van der Waals surface area (Å²) in [5.74, 6) is 0.318. The second-order valence-electron chi connectivity index (χ2n) is 8.48. The normalized spacial score (nSPS) is 18.5. The zero-order valence-corrected chi connectivity index (χ0v) is 19.5. The maximum Gasteiger partial charge on any atom is 0.255 e. The van der Waals surface area contributed by atoms with Crippen LogP contribution in [0, 0.1) is 5.92 Å². The summed E-state index contributed by atoms with van der Waals surface area (Å²) < 4.78 is 0. The number of carbonyl (C=O) groups is 2. The molecule has 1 saturated carbocycles. The minimum atomic E-state index is -0.169. The Morgan fingerprint density at radius 3 is 2.47 bits per heavy atom. The number of amides is 2. The second-order valence-corrected chi connectivity index (χ2v) is 9.32. The van der Waals surface area contributed by atoms with Crippen LogP contribution >= 0.6 is 23.2 Å². The van der Waals surface area contributed by atoms with Gasteiger partial charge in [-0.3, -0.25) is 19.5 Å². The van der Waals surface area contributed by atoms with Crippen LogP contribution in [0.1, 0.15) is 41.7 Å². The van der Waals surface area contributed by atoms with E-state index in [1.807, 2.05) is 23.1 Å². The van der Waals surface area contributed by atoms with Gasteiger partial charge in [-0.1, -0.05) is 42.1 Å². The zero-order valence-electron chi connectivity index (χ0n) is 18.0. The number of hydrogen-bond acceptors (Lipinski definition) is 4. The first kappa shape index (κ1) is 23.0. The van der Waals surface area contributed by atoms with Crippen molar-refractivity contribution in [1.82, 2.24) is 20.1 Å². The molecule has 0 spiro atoms. The van der Waals surface area contributed by atoms with Crippen LogP contribution < -0.4 is 5.32 Å². The zero-order chi connectivity index (χ0) is 22.5. The van der Waals surface area contributed by atoms with Crippen molar-refractivity contribution in [3.8, 4) is 0 Å². The van der Waals surface area contributed by atoms with Gasteiger partial charge in [0.2, 0.25) is 5.91 Å². The lowest BCUT2D eigenvalue weighted by Crippen LogP contribution is -2.57. The Hall–Kier alpha value is -2.15. The predicted molar refractivity (Wildman–Crippen MR) is 126 cm³/mol. The third-order valence-electron chi connectivity index (χ3n) is 6.44. The molecule has 6 nitrogen and oxygen atoms in total. The third-order valence-corrected chi connectivity index (χ3v) is 6.99. The van der Waals surface area contributed by atoms with Gasteiger partial charge < -0.3 is 10.2 Å². The van der Waals surface area contributed by atoms with Crippen molar-refractivity contribution in [2.75, 3.05) is 26.2 Å². The fraction of sp³-hybridized carbons (Fsp3) is 0.458. The standard InChI is InChI=1S/C24H28Cl2N4O2/c25-18-8-9-20(21(26)15-18)24(32)30-13-11-29(12-14-30)22(17-5-1-2-6-17)23(31)28-16-19-7-3-4-10-27-19/h3-4,7-10,15,17,22H,1-2,5-6,11-14,16H2,(H,28,31)/t22-/m1/s1. The molecule has 0 unspecified atom stereocenters. The highest BCUT2D eigenvalue weighted by molar-refractivity contribution is 6.36. The average Bonchev–Trinajstić information content (AvgIpc) is 3.33. The van der Waals surface area contributed by atoms with Crippen molar-refractivity contribution in [3.63, 3.8) is 0 Å². The lowest BCUT2D eigenvalue weighted by Gasteiger charge is -2.40. The quantitative estimate of drug-likeness (QED) is 0.686. The summed E-state index contributed by atoms with van der Waals surface area (Å²) in [6.07, 6.45) is 6.21. The minimum Gasteiger partial charge on any atom is -0.349 e. The number of carbonyl (C=O) groups excluding carboxylic acids is 2. The Labute approximate surface area is 198 Å². The van der Waals surface area contributed by atoms with Gasteiger partial charge in [0.05, 0.1) is 28.9 Å². The second kappa shape index (κ2) is 10.6. The highest BCUT2D eigenvalue weighted by Gasteiger charge is 2.37. The smallest absolute Gasteiger partial charge is 0.255 e. The first-order valence-electron chi connectivity index (χ1n) is 11.2. The van der Waals surface area contributed by atoms with Gasteiger partial charge in [0.15, 0.2) is 0 Å². The number of hydrogen-bond donors (Lipinski definition) is 1. The molecule has 1 atom stereocenters. The molecular formula is C24H28Cl2N4O2. The summed E-state index contributed by atoms with van der Waals surface area (Å²) in [4.78, 5) is 34.5. The molecule has 1 aromatic heterocycles. The van der Waals surface area contributed by atoms with E-state index in [1.165, 1.54) is 12.8 Å². The number of piperazine rings is 1. The van der Waals surface area contributed by atoms with E-state index in [9.17, 15) is 9.59 Å². The highest BCUT2D eigenvalue weighted by Crippen LogP contribution is 2.31. The topological polar surface area (TPSA) is 65.5 Å². The Morgan fingerprint density at radius 1 is 1.06 bits per heavy atom. The Kier molecular flexibility index (Phi) is 7.66. The van der Waals surface area contributed by atoms with Crippen LogP contribution in [-0.4, -0.2) is 58.8 Å². The molecule has 1 aliphatic carbocycles. The van der Waals surface area contributed by atoms with E-state index in [-0.39, 0.29) is 17.9 Å². The molecule has 2 amide bonds. The lowest BCUT2D eigenvalue weighted by atomic mass is 9.95. The number of pyridine rings is 1. The molecule has 2 fully saturated rings. The van der Waals surface area contributed by atoms with Crippen molar-refractivity contribution in [1.29, 1.82) is 0 Å². The molecule has 2 heterocycles. The van der Waals surface area contributed by atoms with Gasteiger partial charge >= 0.3 is 0 Å². The third kappa shape index (κ3) is 5.42. The Morgan fingerprint density at radius 2 is 1.81 bits per heavy atom. The summed E-state index contributed by atoms with van der Waals surface area (Å²) >= 11 is 12.2. The van der Waals surface area contributed by atoms with Crippen molar-refractivity contribution < 1.29 is 9.59 Å². The van der Waals surface area contributed by atoms with E-state index < -0.39 is 0 Å². The molecule has 1 aromatic carbocycles. The van der Waals surface area contributed by atoms with Crippen LogP contribution in [0.4, 0.5) is 0 Å². The van der Waals surface area contributed by atoms with Gasteiger partial charge in [0.25, 0.3) is 5.91 Å². The highest BCUT2D eigenvalue weighted by atomic mass is 35.5. The number of benzene rings is 1. The number of nitrogens with one attached hydrogen (secondary N) is 1. The summed E-state index contributed by atoms with van der Waals surface area (Å²) in [5, 5.41) is 3.96. The van der Waals surface area contributed by atoms with Gasteiger partial charge in [-0.15, -0.1) is 0 Å². The van der Waals surface area contributed by atoms with Crippen molar-refractivity contribution in [3.05, 3.63) is 63.9 Å². The summed E-state index contributed by atoms with van der Waals surface area (Å²) in [5.41, 5.74) is 1.31. The lowest BCUT2D eigenvalue weighted by molar-refractivity contribution is -0.129. The molecule has 1 saturated heterocycles. The van der Waals surface area contributed by atoms with Crippen LogP contribution in [0.2, 0.25) is 10.0 Å². The molecule has 32 heavy (non-hydrogen) atoms. The van der Waals surface area contributed by atoms with Crippen LogP contribution in [-0.2, 0) is 11.3 Å². The van der Waals surface area contributed by atoms with Gasteiger partial charge in [-0.05, 0) is 49.1 Å². The number of rotatable bonds is 6. The summed E-state index contributed by atoms with van der Waals surface area (Å²) in [6, 6.07) is 10.5. The number of halogens is 2. The maximum atomic E-state index is 13.2. The summed E-state index contributed by atoms with van der Waals surface area (Å²) in [7, 11) is 0. The van der Waals surface area contributed by atoms with Gasteiger partial charge in [-0.2, -0.15) is 0 Å². The van der Waals surface area contributed by atoms with E-state index in [0.717, 1.165) is 18.5 Å². The molecular weight excluding hydrogens is 447 g/mol. The molecule has 8 heteroatoms. The SMILES string of the molecule is O=C(NCc1ccccn1)[C@@H](C1CCCC1)N1CCN(C(=O)c2ccc(Cl)cc2Cl)CC1. The fourth-order valence-electron chi connectivity index (χ4n) is 4.77. The van der Waals surface area contributed by atoms with Crippen LogP contribution in [0.25, 0.3) is 0 Å². The largest absolute Gasteiger partial charge is 0.349 e. The minimum absolute atomic E-state index is 0.0584. The summed E-state index contributed by atoms with van der Waals surface area (Å²) in [6.45, 7) is 2.88. The maximum absolute atomic E-state index is 13.2. The van der Waals surface area contributed by atoms with E-state index in [2.05, 4.69) is 15.2 Å². The van der Waals surface area contributed by atoms with E-state index in [0.29, 0.717) is 54.3 Å². The number of nitrogens with zero attached hydrogens (tertiary/aromatic N) is 3. The molecule has 1 aliphatic heterocycles. The first-order chi connectivity index (χ1) is 15.5. The van der Waals surface area contributed by atoms with Crippen molar-refractivity contribution >= 4 is 35.0 Å². The molecule has 0 bridgehead atoms. The average molecular weight is 475 g/mol. The Bertz CT molecular complexity index is 942.